The Bertz CT molecular complexity index is 605. The lowest BCUT2D eigenvalue weighted by molar-refractivity contribution is -0.121. The van der Waals surface area contributed by atoms with Gasteiger partial charge in [-0.3, -0.25) is 9.59 Å². The van der Waals surface area contributed by atoms with Crippen LogP contribution in [0.25, 0.3) is 0 Å². The number of benzene rings is 1. The molecule has 0 radical (unpaired) electrons. The van der Waals surface area contributed by atoms with Gasteiger partial charge in [0.1, 0.15) is 5.75 Å². The molecule has 0 aromatic heterocycles. The molecule has 1 aliphatic rings. The van der Waals surface area contributed by atoms with Gasteiger partial charge in [-0.15, -0.1) is 12.4 Å². The summed E-state index contributed by atoms with van der Waals surface area (Å²) in [7, 11) is 1.55. The molecule has 1 aliphatic heterocycles. The number of anilines is 2. The van der Waals surface area contributed by atoms with Crippen LogP contribution in [0.3, 0.4) is 0 Å². The smallest absolute Gasteiger partial charge is 0.244 e. The molecule has 1 unspecified atom stereocenters. The van der Waals surface area contributed by atoms with Crippen LogP contribution in [-0.2, 0) is 9.59 Å². The second-order valence-corrected chi connectivity index (χ2v) is 6.16. The fourth-order valence-corrected chi connectivity index (χ4v) is 2.79. The van der Waals surface area contributed by atoms with Crippen LogP contribution >= 0.6 is 12.4 Å². The van der Waals surface area contributed by atoms with E-state index < -0.39 is 5.54 Å². The quantitative estimate of drug-likeness (QED) is 0.821. The van der Waals surface area contributed by atoms with Crippen LogP contribution in [0.5, 0.6) is 5.75 Å². The van der Waals surface area contributed by atoms with Gasteiger partial charge in [0.05, 0.1) is 18.3 Å². The second-order valence-electron chi connectivity index (χ2n) is 6.16. The van der Waals surface area contributed by atoms with Gasteiger partial charge in [-0.2, -0.15) is 0 Å². The molecule has 7 heteroatoms. The topological polar surface area (TPSA) is 84.7 Å². The predicted molar refractivity (Wildman–Crippen MR) is 98.0 cm³/mol. The first kappa shape index (κ1) is 20.3. The van der Waals surface area contributed by atoms with Crippen molar-refractivity contribution in [3.05, 3.63) is 18.2 Å². The molecule has 1 saturated heterocycles. The fraction of sp³-hybridized carbons (Fsp3) is 0.529. The number of rotatable bonds is 6. The number of ether oxygens (including phenoxy) is 1. The summed E-state index contributed by atoms with van der Waals surface area (Å²) >= 11 is 0. The Balaban J connectivity index is 0.00000288. The molecule has 134 valence electrons. The summed E-state index contributed by atoms with van der Waals surface area (Å²) in [5.41, 5.74) is 6.47. The Kier molecular flexibility index (Phi) is 7.05. The lowest BCUT2D eigenvalue weighted by atomic mass is 9.96. The van der Waals surface area contributed by atoms with E-state index in [9.17, 15) is 9.59 Å². The van der Waals surface area contributed by atoms with Gasteiger partial charge in [0.2, 0.25) is 11.8 Å². The largest absolute Gasteiger partial charge is 0.494 e. The summed E-state index contributed by atoms with van der Waals surface area (Å²) in [6.45, 7) is 4.40. The molecule has 0 aliphatic carbocycles. The third-order valence-electron chi connectivity index (χ3n) is 4.09. The fourth-order valence-electron chi connectivity index (χ4n) is 2.79. The zero-order chi connectivity index (χ0) is 17.0. The monoisotopic (exact) mass is 355 g/mol. The maximum atomic E-state index is 12.3. The molecule has 1 atom stereocenters. The maximum absolute atomic E-state index is 12.3. The third kappa shape index (κ3) is 4.39. The molecule has 3 N–H and O–H groups in total. The molecule has 1 aromatic carbocycles. The average molecular weight is 356 g/mol. The Labute approximate surface area is 149 Å². The molecule has 6 nitrogen and oxygen atoms in total. The molecular formula is C17H26ClN3O3. The molecule has 24 heavy (non-hydrogen) atoms. The van der Waals surface area contributed by atoms with Crippen LogP contribution in [-0.4, -0.2) is 31.0 Å². The van der Waals surface area contributed by atoms with Crippen LogP contribution in [0.15, 0.2) is 18.2 Å². The van der Waals surface area contributed by atoms with Crippen molar-refractivity contribution in [2.24, 2.45) is 5.73 Å². The third-order valence-corrected chi connectivity index (χ3v) is 4.09. The van der Waals surface area contributed by atoms with Crippen LogP contribution in [0.1, 0.15) is 39.5 Å². The van der Waals surface area contributed by atoms with Crippen molar-refractivity contribution < 1.29 is 14.3 Å². The first-order valence-electron chi connectivity index (χ1n) is 7.97. The summed E-state index contributed by atoms with van der Waals surface area (Å²) in [6.07, 6.45) is 2.85. The number of carbonyl (C=O) groups excluding carboxylic acids is 2. The van der Waals surface area contributed by atoms with Crippen molar-refractivity contribution in [3.63, 3.8) is 0 Å². The van der Waals surface area contributed by atoms with Crippen molar-refractivity contribution in [2.75, 3.05) is 23.9 Å². The van der Waals surface area contributed by atoms with E-state index in [1.54, 1.807) is 37.1 Å². The lowest BCUT2D eigenvalue weighted by Gasteiger charge is -2.24. The first-order chi connectivity index (χ1) is 10.9. The normalized spacial score (nSPS) is 16.3. The van der Waals surface area contributed by atoms with E-state index in [2.05, 4.69) is 5.32 Å². The minimum Gasteiger partial charge on any atom is -0.494 e. The highest BCUT2D eigenvalue weighted by Gasteiger charge is 2.28. The SMILES string of the molecule is CCCC(C)(N)C(=O)Nc1ccc(N2CCCC2=O)c(OC)c1.Cl. The van der Waals surface area contributed by atoms with Crippen molar-refractivity contribution in [1.29, 1.82) is 0 Å². The molecule has 2 rings (SSSR count). The van der Waals surface area contributed by atoms with E-state index in [0.717, 1.165) is 18.5 Å². The molecular weight excluding hydrogens is 330 g/mol. The van der Waals surface area contributed by atoms with E-state index >= 15 is 0 Å². The Morgan fingerprint density at radius 1 is 1.46 bits per heavy atom. The van der Waals surface area contributed by atoms with Gasteiger partial charge in [0.25, 0.3) is 0 Å². The zero-order valence-electron chi connectivity index (χ0n) is 14.4. The Hall–Kier alpha value is -1.79. The molecule has 0 bridgehead atoms. The van der Waals surface area contributed by atoms with E-state index in [4.69, 9.17) is 10.5 Å². The van der Waals surface area contributed by atoms with Gasteiger partial charge >= 0.3 is 0 Å². The van der Waals surface area contributed by atoms with Crippen LogP contribution < -0.4 is 20.7 Å². The number of nitrogens with two attached hydrogens (primary N) is 1. The maximum Gasteiger partial charge on any atom is 0.244 e. The Morgan fingerprint density at radius 2 is 2.17 bits per heavy atom. The van der Waals surface area contributed by atoms with E-state index in [0.29, 0.717) is 30.8 Å². The number of nitrogens with one attached hydrogen (secondary N) is 1. The molecule has 1 fully saturated rings. The van der Waals surface area contributed by atoms with E-state index in [1.807, 2.05) is 6.92 Å². The molecule has 1 heterocycles. The van der Waals surface area contributed by atoms with Crippen molar-refractivity contribution >= 4 is 35.6 Å². The predicted octanol–water partition coefficient (Wildman–Crippen LogP) is 2.70. The van der Waals surface area contributed by atoms with Crippen LogP contribution in [0.4, 0.5) is 11.4 Å². The first-order valence-corrected chi connectivity index (χ1v) is 7.97. The second kappa shape index (κ2) is 8.35. The summed E-state index contributed by atoms with van der Waals surface area (Å²) in [5, 5.41) is 2.82. The van der Waals surface area contributed by atoms with Crippen molar-refractivity contribution in [2.45, 2.75) is 45.1 Å². The van der Waals surface area contributed by atoms with E-state index in [1.165, 1.54) is 0 Å². The van der Waals surface area contributed by atoms with Crippen LogP contribution in [0, 0.1) is 0 Å². The highest BCUT2D eigenvalue weighted by atomic mass is 35.5. The average Bonchev–Trinajstić information content (AvgIpc) is 2.93. The number of methoxy groups -OCH3 is 1. The van der Waals surface area contributed by atoms with Gasteiger partial charge in [-0.05, 0) is 31.9 Å². The van der Waals surface area contributed by atoms with Gasteiger partial charge < -0.3 is 20.7 Å². The van der Waals surface area contributed by atoms with Crippen molar-refractivity contribution in [3.8, 4) is 5.75 Å². The molecule has 0 saturated carbocycles. The van der Waals surface area contributed by atoms with Gasteiger partial charge in [0.15, 0.2) is 0 Å². The Morgan fingerprint density at radius 3 is 2.71 bits per heavy atom. The highest BCUT2D eigenvalue weighted by Crippen LogP contribution is 2.34. The number of nitrogens with zero attached hydrogens (tertiary/aromatic N) is 1. The summed E-state index contributed by atoms with van der Waals surface area (Å²) < 4.78 is 5.38. The lowest BCUT2D eigenvalue weighted by Crippen LogP contribution is -2.48. The molecule has 0 spiro atoms. The van der Waals surface area contributed by atoms with Gasteiger partial charge in [-0.25, -0.2) is 0 Å². The summed E-state index contributed by atoms with van der Waals surface area (Å²) in [4.78, 5) is 25.9. The van der Waals surface area contributed by atoms with Crippen molar-refractivity contribution in [1.82, 2.24) is 0 Å². The zero-order valence-corrected chi connectivity index (χ0v) is 15.2. The van der Waals surface area contributed by atoms with Crippen LogP contribution in [0.2, 0.25) is 0 Å². The highest BCUT2D eigenvalue weighted by molar-refractivity contribution is 5.99. The summed E-state index contributed by atoms with van der Waals surface area (Å²) in [6, 6.07) is 5.29. The number of carbonyl (C=O) groups is 2. The summed E-state index contributed by atoms with van der Waals surface area (Å²) in [5.74, 6) is 0.427. The number of hydrogen-bond donors (Lipinski definition) is 2. The number of amides is 2. The van der Waals surface area contributed by atoms with Gasteiger partial charge in [-0.1, -0.05) is 13.3 Å². The number of hydrogen-bond acceptors (Lipinski definition) is 4. The molecule has 2 amide bonds. The standard InChI is InChI=1S/C17H25N3O3.ClH/c1-4-9-17(2,18)16(22)19-12-7-8-13(14(11-12)23-3)20-10-5-6-15(20)21;/h7-8,11H,4-6,9-10,18H2,1-3H3,(H,19,22);1H. The van der Waals surface area contributed by atoms with Gasteiger partial charge in [0, 0.05) is 24.7 Å². The molecule has 1 aromatic rings. The minimum absolute atomic E-state index is 0. The minimum atomic E-state index is -0.911. The number of halogens is 1. The van der Waals surface area contributed by atoms with E-state index in [-0.39, 0.29) is 24.2 Å².